The molecule has 0 rings (SSSR count). The third kappa shape index (κ3) is 239. The Bertz CT molecular complexity index is 4.14. The largest absolute Gasteiger partial charge is 0.727 e. The molecular weight excluding hydrogens is 334 g/mol. The van der Waals surface area contributed by atoms with Gasteiger partial charge in [0.25, 0.3) is 0 Å². The fourth-order valence-electron chi connectivity index (χ4n) is 0. The van der Waals surface area contributed by atoms with E-state index < -0.39 is 0 Å². The molecule has 7 heavy (non-hydrogen) atoms. The van der Waals surface area contributed by atoms with Gasteiger partial charge in [-0.15, -0.1) is 0 Å². The summed E-state index contributed by atoms with van der Waals surface area (Å²) in [7, 11) is 0. The first-order valence-corrected chi connectivity index (χ1v) is 0.383. The molecule has 7 N–H and O–H groups in total. The van der Waals surface area contributed by atoms with Crippen molar-refractivity contribution >= 4 is 0 Å². The summed E-state index contributed by atoms with van der Waals surface area (Å²) < 4.78 is 0. The van der Waals surface area contributed by atoms with Crippen LogP contribution in [0.4, 0.5) is 0 Å². The molecular formula is H7O6U-. The quantitative estimate of drug-likeness (QED) is 0.322. The summed E-state index contributed by atoms with van der Waals surface area (Å²) in [5, 5.41) is 25.0. The van der Waals surface area contributed by atoms with Crippen molar-refractivity contribution in [1.29, 1.82) is 0 Å². The van der Waals surface area contributed by atoms with E-state index in [1.54, 1.807) is 0 Å². The minimum absolute atomic E-state index is 0. The first-order chi connectivity index (χ1) is 2.00. The molecule has 48 valence electrons. The average Bonchev–Trinajstić information content (AvgIpc) is 1.50. The third-order valence-corrected chi connectivity index (χ3v) is 0. The molecule has 7 heteroatoms. The first kappa shape index (κ1) is 45.8. The van der Waals surface area contributed by atoms with Crippen LogP contribution in [0.3, 0.4) is 0 Å². The normalized spacial score (nSPS) is 1.71. The zero-order chi connectivity index (χ0) is 4.00. The van der Waals surface area contributed by atoms with E-state index in [0.717, 1.165) is 0 Å². The molecule has 0 aromatic carbocycles. The zero-order valence-corrected chi connectivity index (χ0v) is 7.41. The maximum absolute atomic E-state index is 7.25. The molecule has 0 heterocycles. The van der Waals surface area contributed by atoms with Crippen LogP contribution in [-0.4, -0.2) is 26.7 Å². The van der Waals surface area contributed by atoms with Crippen LogP contribution in [0, 0.1) is 31.1 Å². The summed E-state index contributed by atoms with van der Waals surface area (Å²) in [5.41, 5.74) is 0. The van der Waals surface area contributed by atoms with Crippen molar-refractivity contribution in [3.63, 3.8) is 0 Å². The monoisotopic (exact) mass is 341 g/mol. The summed E-state index contributed by atoms with van der Waals surface area (Å²) in [6.45, 7) is 0. The standard InChI is InChI=1S/2H2O2.2H2O.U/c2*1-2;;;/h2*1-2H;2*1H2;/p-1. The molecule has 0 saturated heterocycles. The maximum Gasteiger partial charge on any atom is 0 e. The van der Waals surface area contributed by atoms with Crippen molar-refractivity contribution in [3.8, 4) is 0 Å². The summed E-state index contributed by atoms with van der Waals surface area (Å²) >= 11 is 0. The van der Waals surface area contributed by atoms with E-state index in [1.807, 2.05) is 0 Å². The second-order valence-electron chi connectivity index (χ2n) is 0. The van der Waals surface area contributed by atoms with Crippen molar-refractivity contribution in [1.82, 2.24) is 0 Å². The Morgan fingerprint density at radius 3 is 0.857 bits per heavy atom. The minimum Gasteiger partial charge on any atom is -0.727 e. The van der Waals surface area contributed by atoms with Gasteiger partial charge in [-0.3, -0.25) is 10.5 Å². The predicted molar refractivity (Wildman–Crippen MR) is 15.1 cm³/mol. The number of hydrogen-bond donors (Lipinski definition) is 3. The van der Waals surface area contributed by atoms with E-state index in [-0.39, 0.29) is 42.1 Å². The molecule has 0 bridgehead atoms. The molecule has 0 amide bonds. The van der Waals surface area contributed by atoms with Crippen LogP contribution in [0.1, 0.15) is 0 Å². The van der Waals surface area contributed by atoms with E-state index >= 15 is 0 Å². The van der Waals surface area contributed by atoms with Gasteiger partial charge in [-0.2, -0.15) is 0 Å². The van der Waals surface area contributed by atoms with Gasteiger partial charge in [0, 0.05) is 31.1 Å². The predicted octanol–water partition coefficient (Wildman–Crippen LogP) is -2.81. The van der Waals surface area contributed by atoms with Crippen LogP contribution < -0.4 is 5.26 Å². The van der Waals surface area contributed by atoms with Gasteiger partial charge in [0.2, 0.25) is 0 Å². The van der Waals surface area contributed by atoms with Crippen LogP contribution in [0.25, 0.3) is 0 Å². The molecule has 0 saturated carbocycles. The summed E-state index contributed by atoms with van der Waals surface area (Å²) in [6, 6.07) is 0. The molecule has 6 nitrogen and oxygen atoms in total. The Morgan fingerprint density at radius 2 is 0.857 bits per heavy atom. The maximum atomic E-state index is 7.25. The molecule has 0 atom stereocenters. The minimum atomic E-state index is 0. The molecule has 0 aromatic rings. The SMILES string of the molecule is O.O.OO.[O-]O.[U]. The molecule has 0 aliphatic carbocycles. The van der Waals surface area contributed by atoms with E-state index in [2.05, 4.69) is 0 Å². The second kappa shape index (κ2) is 349. The Morgan fingerprint density at radius 1 is 0.857 bits per heavy atom. The van der Waals surface area contributed by atoms with Gasteiger partial charge in [-0.05, 0) is 0 Å². The Hall–Kier alpha value is 0.812. The van der Waals surface area contributed by atoms with Crippen molar-refractivity contribution in [3.05, 3.63) is 0 Å². The summed E-state index contributed by atoms with van der Waals surface area (Å²) in [6.07, 6.45) is 0. The van der Waals surface area contributed by atoms with Crippen molar-refractivity contribution in [2.45, 2.75) is 0 Å². The van der Waals surface area contributed by atoms with Gasteiger partial charge >= 0.3 is 0 Å². The van der Waals surface area contributed by atoms with E-state index in [4.69, 9.17) is 21.0 Å². The van der Waals surface area contributed by atoms with Gasteiger partial charge in [-0.25, -0.2) is 0 Å². The van der Waals surface area contributed by atoms with Gasteiger partial charge in [0.05, 0.1) is 0 Å². The van der Waals surface area contributed by atoms with Crippen LogP contribution in [0.2, 0.25) is 0 Å². The summed E-state index contributed by atoms with van der Waals surface area (Å²) in [5.74, 6) is 0. The Balaban J connectivity index is -0.00000000267. The van der Waals surface area contributed by atoms with Gasteiger partial charge in [-0.1, -0.05) is 0 Å². The summed E-state index contributed by atoms with van der Waals surface area (Å²) in [4.78, 5) is 0. The molecule has 0 fully saturated rings. The third-order valence-electron chi connectivity index (χ3n) is 0. The van der Waals surface area contributed by atoms with Gasteiger partial charge < -0.3 is 21.5 Å². The van der Waals surface area contributed by atoms with Crippen molar-refractivity contribution in [2.24, 2.45) is 0 Å². The van der Waals surface area contributed by atoms with Crippen LogP contribution in [-0.2, 0) is 0 Å². The van der Waals surface area contributed by atoms with Gasteiger partial charge in [0.1, 0.15) is 0 Å². The van der Waals surface area contributed by atoms with E-state index in [1.165, 1.54) is 0 Å². The fraction of sp³-hybridized carbons (Fsp3) is 0. The van der Waals surface area contributed by atoms with Gasteiger partial charge in [0.15, 0.2) is 0 Å². The zero-order valence-electron chi connectivity index (χ0n) is 3.25. The van der Waals surface area contributed by atoms with Crippen molar-refractivity contribution < 1.29 is 63.1 Å². The second-order valence-corrected chi connectivity index (χ2v) is 0. The van der Waals surface area contributed by atoms with Crippen molar-refractivity contribution in [2.75, 3.05) is 0 Å². The van der Waals surface area contributed by atoms with E-state index in [0.29, 0.717) is 0 Å². The molecule has 0 aliphatic rings. The topological polar surface area (TPSA) is 147 Å². The molecule has 0 aromatic heterocycles. The van der Waals surface area contributed by atoms with Crippen LogP contribution >= 0.6 is 0 Å². The molecule has 0 spiro atoms. The van der Waals surface area contributed by atoms with E-state index in [9.17, 15) is 0 Å². The fourth-order valence-corrected chi connectivity index (χ4v) is 0. The Labute approximate surface area is 63.3 Å². The number of rotatable bonds is 0. The average molecular weight is 341 g/mol. The number of hydrogen-bond acceptors (Lipinski definition) is 4. The van der Waals surface area contributed by atoms with Crippen LogP contribution in [0.15, 0.2) is 0 Å². The smallest absolute Gasteiger partial charge is 0 e. The molecule has 0 aliphatic heterocycles. The van der Waals surface area contributed by atoms with Crippen LogP contribution in [0.5, 0.6) is 0 Å². The first-order valence-electron chi connectivity index (χ1n) is 0.383. The Kier molecular flexibility index (Phi) is 2290. The molecule has 0 unspecified atom stereocenters. The molecule has 0 radical (unpaired) electrons.